The largest absolute Gasteiger partial charge is 0.457 e. The van der Waals surface area contributed by atoms with Gasteiger partial charge in [-0.2, -0.15) is 0 Å². The van der Waals surface area contributed by atoms with Gasteiger partial charge in [0.05, 0.1) is 5.41 Å². The molecule has 0 atom stereocenters. The van der Waals surface area contributed by atoms with E-state index in [4.69, 9.17) is 4.74 Å². The van der Waals surface area contributed by atoms with Gasteiger partial charge < -0.3 is 4.74 Å². The molecule has 1 aliphatic heterocycles. The van der Waals surface area contributed by atoms with Gasteiger partial charge in [0.2, 0.25) is 0 Å². The molecule has 0 fully saturated rings. The van der Waals surface area contributed by atoms with Crippen molar-refractivity contribution in [3.63, 3.8) is 0 Å². The normalized spacial score (nSPS) is 13.5. The van der Waals surface area contributed by atoms with Gasteiger partial charge in [0.25, 0.3) is 0 Å². The molecule has 11 rings (SSSR count). The van der Waals surface area contributed by atoms with Gasteiger partial charge >= 0.3 is 0 Å². The Kier molecular flexibility index (Phi) is 5.97. The Bertz CT molecular complexity index is 2860. The molecule has 1 nitrogen and oxygen atoms in total. The summed E-state index contributed by atoms with van der Waals surface area (Å²) < 4.78 is 9.20. The molecule has 2 heteroatoms. The zero-order chi connectivity index (χ0) is 33.7. The van der Waals surface area contributed by atoms with Gasteiger partial charge in [0.15, 0.2) is 0 Å². The number of ether oxygens (including phenoxy) is 1. The summed E-state index contributed by atoms with van der Waals surface area (Å²) in [5.74, 6) is 1.81. The van der Waals surface area contributed by atoms with Crippen molar-refractivity contribution in [3.05, 3.63) is 210 Å². The lowest BCUT2D eigenvalue weighted by Gasteiger charge is -2.39. The number of hydrogen-bond acceptors (Lipinski definition) is 2. The molecular weight excluding hydrogens is 637 g/mol. The first kappa shape index (κ1) is 28.6. The Morgan fingerprint density at radius 3 is 1.92 bits per heavy atom. The van der Waals surface area contributed by atoms with Crippen LogP contribution in [0.15, 0.2) is 176 Å². The lowest BCUT2D eigenvalue weighted by molar-refractivity contribution is 0.436. The van der Waals surface area contributed by atoms with Crippen molar-refractivity contribution in [1.82, 2.24) is 0 Å². The van der Waals surface area contributed by atoms with Crippen LogP contribution >= 0.6 is 11.3 Å². The third kappa shape index (κ3) is 3.86. The summed E-state index contributed by atoms with van der Waals surface area (Å²) in [5.41, 5.74) is 12.8. The van der Waals surface area contributed by atoms with E-state index in [0.717, 1.165) is 22.6 Å². The van der Waals surface area contributed by atoms with Crippen molar-refractivity contribution >= 4 is 47.9 Å². The minimum Gasteiger partial charge on any atom is -0.457 e. The molecule has 0 bridgehead atoms. The predicted molar refractivity (Wildman–Crippen MR) is 214 cm³/mol. The van der Waals surface area contributed by atoms with Crippen LogP contribution in [-0.2, 0) is 5.41 Å². The van der Waals surface area contributed by atoms with Gasteiger partial charge in [-0.3, -0.25) is 0 Å². The average molecular weight is 667 g/mol. The second-order valence-corrected chi connectivity index (χ2v) is 14.7. The van der Waals surface area contributed by atoms with Crippen molar-refractivity contribution in [2.45, 2.75) is 5.41 Å². The van der Waals surface area contributed by atoms with E-state index < -0.39 is 5.41 Å². The second-order valence-electron chi connectivity index (χ2n) is 13.6. The van der Waals surface area contributed by atoms with Crippen molar-refractivity contribution < 1.29 is 4.74 Å². The Balaban J connectivity index is 1.13. The Labute approximate surface area is 300 Å². The fourth-order valence-corrected chi connectivity index (χ4v) is 10.2. The Morgan fingerprint density at radius 2 is 1.12 bits per heavy atom. The molecule has 0 saturated heterocycles. The number of thiophene rings is 1. The van der Waals surface area contributed by atoms with Crippen LogP contribution in [0, 0.1) is 0 Å². The molecule has 1 spiro atoms. The number of fused-ring (bicyclic) bond motifs is 14. The van der Waals surface area contributed by atoms with E-state index in [1.165, 1.54) is 81.0 Å². The standard InChI is InChI=1S/C49H30OS/c1-30(34-15-10-17-38-37-14-4-9-23-45(37)51-48(34)38)31-24-26-33(27-25-31)36-16-11-20-41-46(36)47-35-13-3-2-12-32(35)28-29-42(47)49(41)39-18-5-7-21-43(39)50-44-22-8-6-19-40(44)49/h2-29H,1H2. The zero-order valence-corrected chi connectivity index (χ0v) is 28.5. The summed E-state index contributed by atoms with van der Waals surface area (Å²) in [7, 11) is 0. The van der Waals surface area contributed by atoms with E-state index >= 15 is 0 Å². The predicted octanol–water partition coefficient (Wildman–Crippen LogP) is 13.4. The smallest absolute Gasteiger partial charge is 0.132 e. The summed E-state index contributed by atoms with van der Waals surface area (Å²) >= 11 is 1.85. The highest BCUT2D eigenvalue weighted by Crippen LogP contribution is 2.64. The number of rotatable bonds is 3. The lowest BCUT2D eigenvalue weighted by atomic mass is 9.66. The minimum atomic E-state index is -0.521. The van der Waals surface area contributed by atoms with Crippen LogP contribution in [0.2, 0.25) is 0 Å². The monoisotopic (exact) mass is 666 g/mol. The topological polar surface area (TPSA) is 9.23 Å². The quantitative estimate of drug-likeness (QED) is 0.182. The third-order valence-electron chi connectivity index (χ3n) is 11.1. The summed E-state index contributed by atoms with van der Waals surface area (Å²) in [4.78, 5) is 0. The maximum Gasteiger partial charge on any atom is 0.132 e. The molecule has 0 unspecified atom stereocenters. The molecule has 0 amide bonds. The van der Waals surface area contributed by atoms with E-state index in [9.17, 15) is 0 Å². The molecule has 1 aromatic heterocycles. The Morgan fingerprint density at radius 1 is 0.490 bits per heavy atom. The van der Waals surface area contributed by atoms with Crippen LogP contribution in [0.4, 0.5) is 0 Å². The molecule has 2 heterocycles. The summed E-state index contributed by atoms with van der Waals surface area (Å²) in [6, 6.07) is 61.8. The average Bonchev–Trinajstić information content (AvgIpc) is 3.72. The van der Waals surface area contributed by atoms with Crippen LogP contribution in [0.1, 0.15) is 33.4 Å². The lowest BCUT2D eigenvalue weighted by Crippen LogP contribution is -2.32. The molecule has 0 saturated carbocycles. The first-order chi connectivity index (χ1) is 25.2. The van der Waals surface area contributed by atoms with Crippen LogP contribution in [0.5, 0.6) is 11.5 Å². The van der Waals surface area contributed by atoms with E-state index in [-0.39, 0.29) is 0 Å². The van der Waals surface area contributed by atoms with Gasteiger partial charge in [-0.15, -0.1) is 11.3 Å². The van der Waals surface area contributed by atoms with Crippen LogP contribution < -0.4 is 4.74 Å². The minimum absolute atomic E-state index is 0.521. The highest BCUT2D eigenvalue weighted by molar-refractivity contribution is 7.26. The van der Waals surface area contributed by atoms with E-state index in [2.05, 4.69) is 176 Å². The highest BCUT2D eigenvalue weighted by atomic mass is 32.1. The first-order valence-electron chi connectivity index (χ1n) is 17.4. The number of para-hydroxylation sites is 2. The van der Waals surface area contributed by atoms with Gasteiger partial charge in [-0.05, 0) is 79.1 Å². The van der Waals surface area contributed by atoms with E-state index in [0.29, 0.717) is 0 Å². The summed E-state index contributed by atoms with van der Waals surface area (Å²) in [5, 5.41) is 5.11. The van der Waals surface area contributed by atoms with Crippen LogP contribution in [-0.4, -0.2) is 0 Å². The molecule has 1 aliphatic carbocycles. The van der Waals surface area contributed by atoms with Crippen LogP contribution in [0.25, 0.3) is 58.8 Å². The van der Waals surface area contributed by atoms with Crippen molar-refractivity contribution in [1.29, 1.82) is 0 Å². The zero-order valence-electron chi connectivity index (χ0n) is 27.7. The number of benzene rings is 8. The molecular formula is C49H30OS. The van der Waals surface area contributed by atoms with E-state index in [1.807, 2.05) is 11.3 Å². The number of hydrogen-bond donors (Lipinski definition) is 0. The molecule has 9 aromatic rings. The van der Waals surface area contributed by atoms with Crippen molar-refractivity contribution in [2.75, 3.05) is 0 Å². The van der Waals surface area contributed by atoms with Crippen molar-refractivity contribution in [2.24, 2.45) is 0 Å². The third-order valence-corrected chi connectivity index (χ3v) is 12.3. The maximum absolute atomic E-state index is 6.60. The Hall–Kier alpha value is -6.22. The van der Waals surface area contributed by atoms with Gasteiger partial charge in [0.1, 0.15) is 11.5 Å². The highest BCUT2D eigenvalue weighted by Gasteiger charge is 2.52. The molecule has 51 heavy (non-hydrogen) atoms. The fraction of sp³-hybridized carbons (Fsp3) is 0.0204. The van der Waals surface area contributed by atoms with Gasteiger partial charge in [-0.1, -0.05) is 158 Å². The SMILES string of the molecule is C=C(c1ccc(-c2cccc3c2-c2c(ccc4ccccc24)C32c3ccccc3Oc3ccccc32)cc1)c1cccc2c1sc1ccccc12. The molecule has 0 radical (unpaired) electrons. The van der Waals surface area contributed by atoms with Gasteiger partial charge in [-0.25, -0.2) is 0 Å². The molecule has 2 aliphatic rings. The molecule has 8 aromatic carbocycles. The maximum atomic E-state index is 6.60. The summed E-state index contributed by atoms with van der Waals surface area (Å²) in [6.07, 6.45) is 0. The van der Waals surface area contributed by atoms with E-state index in [1.54, 1.807) is 0 Å². The van der Waals surface area contributed by atoms with Crippen LogP contribution in [0.3, 0.4) is 0 Å². The summed E-state index contributed by atoms with van der Waals surface area (Å²) in [6.45, 7) is 4.63. The molecule has 0 N–H and O–H groups in total. The van der Waals surface area contributed by atoms with Crippen molar-refractivity contribution in [3.8, 4) is 33.8 Å². The fourth-order valence-electron chi connectivity index (χ4n) is 8.94. The van der Waals surface area contributed by atoms with Gasteiger partial charge in [0, 0.05) is 31.3 Å². The molecule has 238 valence electrons. The second kappa shape index (κ2) is 10.6. The first-order valence-corrected chi connectivity index (χ1v) is 18.3.